The molecule has 1 atom stereocenters. The molecule has 154 valence electrons. The standard InChI is InChI=1S/C22H22N4O4/c1-14-20(22(29)26(24(14)3)16-9-5-4-6-10-16)23-21(28)19-13-25(15(2)27)17-11-7-8-12-18(17)30-19/h4-12,19H,13H2,1-3H3,(H,23,28). The molecule has 1 aromatic heterocycles. The van der Waals surface area contributed by atoms with E-state index in [2.05, 4.69) is 5.32 Å². The highest BCUT2D eigenvalue weighted by Crippen LogP contribution is 2.33. The van der Waals surface area contributed by atoms with Crippen molar-refractivity contribution in [3.8, 4) is 11.4 Å². The van der Waals surface area contributed by atoms with Gasteiger partial charge in [0.05, 0.1) is 23.6 Å². The minimum absolute atomic E-state index is 0.0664. The first-order chi connectivity index (χ1) is 14.4. The van der Waals surface area contributed by atoms with Gasteiger partial charge < -0.3 is 15.0 Å². The molecule has 0 saturated carbocycles. The Labute approximate surface area is 173 Å². The molecule has 0 aliphatic carbocycles. The number of rotatable bonds is 3. The van der Waals surface area contributed by atoms with E-state index in [4.69, 9.17) is 4.74 Å². The summed E-state index contributed by atoms with van der Waals surface area (Å²) in [5.74, 6) is -0.224. The molecule has 0 bridgehead atoms. The van der Waals surface area contributed by atoms with Crippen LogP contribution in [0.1, 0.15) is 12.6 Å². The quantitative estimate of drug-likeness (QED) is 0.723. The summed E-state index contributed by atoms with van der Waals surface area (Å²) in [6.07, 6.45) is -0.937. The molecule has 3 aromatic rings. The van der Waals surface area contributed by atoms with Gasteiger partial charge in [0.15, 0.2) is 6.10 Å². The Morgan fingerprint density at radius 3 is 2.43 bits per heavy atom. The fraction of sp³-hybridized carbons (Fsp3) is 0.227. The number of ether oxygens (including phenoxy) is 1. The first kappa shape index (κ1) is 19.5. The SMILES string of the molecule is CC(=O)N1CC(C(=O)Nc2c(C)n(C)n(-c3ccccc3)c2=O)Oc2ccccc21. The van der Waals surface area contributed by atoms with E-state index < -0.39 is 12.0 Å². The van der Waals surface area contributed by atoms with Crippen LogP contribution in [0.3, 0.4) is 0 Å². The van der Waals surface area contributed by atoms with Crippen LogP contribution in [0.5, 0.6) is 5.75 Å². The predicted octanol–water partition coefficient (Wildman–Crippen LogP) is 2.24. The smallest absolute Gasteiger partial charge is 0.295 e. The summed E-state index contributed by atoms with van der Waals surface area (Å²) in [6.45, 7) is 3.27. The Kier molecular flexibility index (Phi) is 4.91. The van der Waals surface area contributed by atoms with Crippen molar-refractivity contribution in [2.75, 3.05) is 16.8 Å². The number of amides is 2. The van der Waals surface area contributed by atoms with Crippen molar-refractivity contribution in [3.63, 3.8) is 0 Å². The maximum Gasteiger partial charge on any atom is 0.295 e. The van der Waals surface area contributed by atoms with Gasteiger partial charge in [-0.3, -0.25) is 19.1 Å². The number of benzene rings is 2. The van der Waals surface area contributed by atoms with Gasteiger partial charge in [0.25, 0.3) is 11.5 Å². The van der Waals surface area contributed by atoms with Crippen LogP contribution >= 0.6 is 0 Å². The number of nitrogens with one attached hydrogen (secondary N) is 1. The minimum atomic E-state index is -0.937. The lowest BCUT2D eigenvalue weighted by Gasteiger charge is -2.33. The molecule has 0 fully saturated rings. The molecule has 0 spiro atoms. The Morgan fingerprint density at radius 1 is 1.07 bits per heavy atom. The molecule has 1 N–H and O–H groups in total. The largest absolute Gasteiger partial charge is 0.476 e. The van der Waals surface area contributed by atoms with E-state index in [1.807, 2.05) is 30.3 Å². The second kappa shape index (κ2) is 7.55. The number of fused-ring (bicyclic) bond motifs is 1. The van der Waals surface area contributed by atoms with Crippen LogP contribution in [0.15, 0.2) is 59.4 Å². The number of hydrogen-bond acceptors (Lipinski definition) is 4. The zero-order valence-electron chi connectivity index (χ0n) is 17.0. The maximum atomic E-state index is 13.0. The normalized spacial score (nSPS) is 15.3. The number of aromatic nitrogens is 2. The molecule has 1 aliphatic rings. The lowest BCUT2D eigenvalue weighted by molar-refractivity contribution is -0.123. The summed E-state index contributed by atoms with van der Waals surface area (Å²) in [4.78, 5) is 39.6. The number of carbonyl (C=O) groups excluding carboxylic acids is 2. The van der Waals surface area contributed by atoms with Gasteiger partial charge in [-0.15, -0.1) is 0 Å². The summed E-state index contributed by atoms with van der Waals surface area (Å²) in [5, 5.41) is 2.71. The van der Waals surface area contributed by atoms with Crippen LogP contribution in [-0.4, -0.2) is 33.8 Å². The van der Waals surface area contributed by atoms with Crippen molar-refractivity contribution in [3.05, 3.63) is 70.6 Å². The molecule has 1 unspecified atom stereocenters. The number of hydrogen-bond donors (Lipinski definition) is 1. The summed E-state index contributed by atoms with van der Waals surface area (Å²) < 4.78 is 9.00. The lowest BCUT2D eigenvalue weighted by atomic mass is 10.1. The molecule has 30 heavy (non-hydrogen) atoms. The van der Waals surface area contributed by atoms with Crippen molar-refractivity contribution in [1.82, 2.24) is 9.36 Å². The molecule has 0 saturated heterocycles. The highest BCUT2D eigenvalue weighted by molar-refractivity contribution is 5.99. The van der Waals surface area contributed by atoms with Crippen LogP contribution < -0.4 is 20.5 Å². The van der Waals surface area contributed by atoms with E-state index in [-0.39, 0.29) is 23.7 Å². The highest BCUT2D eigenvalue weighted by Gasteiger charge is 2.33. The first-order valence-corrected chi connectivity index (χ1v) is 9.57. The van der Waals surface area contributed by atoms with Gasteiger partial charge in [-0.05, 0) is 31.2 Å². The summed E-state index contributed by atoms with van der Waals surface area (Å²) in [5.41, 5.74) is 1.77. The van der Waals surface area contributed by atoms with Gasteiger partial charge in [-0.25, -0.2) is 4.68 Å². The van der Waals surface area contributed by atoms with Crippen LogP contribution in [0.25, 0.3) is 5.69 Å². The summed E-state index contributed by atoms with van der Waals surface area (Å²) >= 11 is 0. The fourth-order valence-electron chi connectivity index (χ4n) is 3.59. The van der Waals surface area contributed by atoms with E-state index in [0.29, 0.717) is 22.8 Å². The Hall–Kier alpha value is -3.81. The van der Waals surface area contributed by atoms with Gasteiger partial charge in [0.2, 0.25) is 5.91 Å². The molecule has 2 aromatic carbocycles. The molecule has 8 nitrogen and oxygen atoms in total. The second-order valence-corrected chi connectivity index (χ2v) is 7.13. The molecular formula is C22H22N4O4. The van der Waals surface area contributed by atoms with Gasteiger partial charge >= 0.3 is 0 Å². The average Bonchev–Trinajstić information content (AvgIpc) is 2.96. The van der Waals surface area contributed by atoms with Crippen LogP contribution in [0.2, 0.25) is 0 Å². The van der Waals surface area contributed by atoms with Gasteiger partial charge in [0.1, 0.15) is 11.4 Å². The third-order valence-electron chi connectivity index (χ3n) is 5.25. The van der Waals surface area contributed by atoms with Gasteiger partial charge in [-0.1, -0.05) is 30.3 Å². The predicted molar refractivity (Wildman–Crippen MR) is 113 cm³/mol. The third kappa shape index (κ3) is 3.26. The second-order valence-electron chi connectivity index (χ2n) is 7.13. The van der Waals surface area contributed by atoms with Crippen molar-refractivity contribution in [2.24, 2.45) is 7.05 Å². The van der Waals surface area contributed by atoms with Crippen molar-refractivity contribution >= 4 is 23.2 Å². The van der Waals surface area contributed by atoms with E-state index in [1.54, 1.807) is 42.9 Å². The summed E-state index contributed by atoms with van der Waals surface area (Å²) in [6, 6.07) is 16.2. The van der Waals surface area contributed by atoms with Crippen LogP contribution in [0.4, 0.5) is 11.4 Å². The van der Waals surface area contributed by atoms with Gasteiger partial charge in [-0.2, -0.15) is 0 Å². The molecule has 2 amide bonds. The fourth-order valence-corrected chi connectivity index (χ4v) is 3.59. The molecular weight excluding hydrogens is 384 g/mol. The Morgan fingerprint density at radius 2 is 1.73 bits per heavy atom. The molecule has 1 aliphatic heterocycles. The minimum Gasteiger partial charge on any atom is -0.476 e. The maximum absolute atomic E-state index is 13.0. The van der Waals surface area contributed by atoms with Crippen LogP contribution in [-0.2, 0) is 16.6 Å². The average molecular weight is 406 g/mol. The van der Waals surface area contributed by atoms with E-state index in [0.717, 1.165) is 0 Å². The monoisotopic (exact) mass is 406 g/mol. The molecule has 0 radical (unpaired) electrons. The zero-order chi connectivity index (χ0) is 21.4. The molecule has 2 heterocycles. The van der Waals surface area contributed by atoms with Gasteiger partial charge in [0, 0.05) is 14.0 Å². The molecule has 4 rings (SSSR count). The first-order valence-electron chi connectivity index (χ1n) is 9.57. The Balaban J connectivity index is 1.64. The number of carbonyl (C=O) groups is 2. The van der Waals surface area contributed by atoms with Crippen molar-refractivity contribution in [2.45, 2.75) is 20.0 Å². The topological polar surface area (TPSA) is 85.6 Å². The number of para-hydroxylation sites is 3. The highest BCUT2D eigenvalue weighted by atomic mass is 16.5. The summed E-state index contributed by atoms with van der Waals surface area (Å²) in [7, 11) is 1.75. The Bertz CT molecular complexity index is 1180. The van der Waals surface area contributed by atoms with Crippen molar-refractivity contribution in [1.29, 1.82) is 0 Å². The van der Waals surface area contributed by atoms with Crippen molar-refractivity contribution < 1.29 is 14.3 Å². The molecule has 8 heteroatoms. The lowest BCUT2D eigenvalue weighted by Crippen LogP contribution is -2.48. The zero-order valence-corrected chi connectivity index (χ0v) is 17.0. The number of anilines is 2. The number of nitrogens with zero attached hydrogens (tertiary/aromatic N) is 3. The van der Waals surface area contributed by atoms with E-state index >= 15 is 0 Å². The van der Waals surface area contributed by atoms with E-state index in [1.165, 1.54) is 16.5 Å². The van der Waals surface area contributed by atoms with E-state index in [9.17, 15) is 14.4 Å². The third-order valence-corrected chi connectivity index (χ3v) is 5.25. The van der Waals surface area contributed by atoms with Crippen LogP contribution in [0, 0.1) is 6.92 Å².